The van der Waals surface area contributed by atoms with E-state index in [0.717, 1.165) is 50.7 Å². The van der Waals surface area contributed by atoms with Gasteiger partial charge in [-0.1, -0.05) is 64.5 Å². The van der Waals surface area contributed by atoms with Crippen molar-refractivity contribution in [3.8, 4) is 0 Å². The third-order valence-corrected chi connectivity index (χ3v) is 5.30. The Morgan fingerprint density at radius 3 is 2.69 bits per heavy atom. The highest BCUT2D eigenvalue weighted by molar-refractivity contribution is 6.40. The SMILES string of the molecule is C=C(CC)/C(=C\C=C/C(C)C)C1=CN=C(CCCCCCC(=O)C2=NC=CC2)C1. The molecule has 0 saturated heterocycles. The monoisotopic (exact) mass is 392 g/mol. The average Bonchev–Trinajstić information content (AvgIpc) is 3.39. The summed E-state index contributed by atoms with van der Waals surface area (Å²) in [4.78, 5) is 20.8. The van der Waals surface area contributed by atoms with E-state index in [-0.39, 0.29) is 5.78 Å². The van der Waals surface area contributed by atoms with Crippen molar-refractivity contribution < 1.29 is 4.79 Å². The molecule has 2 rings (SSSR count). The molecule has 0 aromatic rings. The number of hydrogen-bond acceptors (Lipinski definition) is 3. The zero-order valence-corrected chi connectivity index (χ0v) is 18.4. The molecule has 0 unspecified atom stereocenters. The van der Waals surface area contributed by atoms with Crippen molar-refractivity contribution in [2.24, 2.45) is 15.9 Å². The third-order valence-electron chi connectivity index (χ3n) is 5.30. The average molecular weight is 393 g/mol. The second-order valence-corrected chi connectivity index (χ2v) is 8.19. The van der Waals surface area contributed by atoms with Crippen molar-refractivity contribution in [2.75, 3.05) is 0 Å². The van der Waals surface area contributed by atoms with Gasteiger partial charge in [0.25, 0.3) is 0 Å². The summed E-state index contributed by atoms with van der Waals surface area (Å²) < 4.78 is 0. The van der Waals surface area contributed by atoms with Crippen molar-refractivity contribution in [2.45, 2.75) is 78.6 Å². The van der Waals surface area contributed by atoms with E-state index in [1.165, 1.54) is 22.4 Å². The van der Waals surface area contributed by atoms with E-state index in [1.807, 2.05) is 12.3 Å². The fraction of sp³-hybridized carbons (Fsp3) is 0.500. The summed E-state index contributed by atoms with van der Waals surface area (Å²) in [6, 6.07) is 0. The van der Waals surface area contributed by atoms with E-state index < -0.39 is 0 Å². The Balaban J connectivity index is 1.68. The summed E-state index contributed by atoms with van der Waals surface area (Å²) >= 11 is 0. The van der Waals surface area contributed by atoms with Gasteiger partial charge in [0.05, 0.1) is 5.71 Å². The van der Waals surface area contributed by atoms with Gasteiger partial charge in [0.1, 0.15) is 0 Å². The Labute approximate surface area is 176 Å². The minimum atomic E-state index is 0.214. The van der Waals surface area contributed by atoms with E-state index in [1.54, 1.807) is 6.20 Å². The highest BCUT2D eigenvalue weighted by Gasteiger charge is 2.15. The third kappa shape index (κ3) is 7.92. The Kier molecular flexibility index (Phi) is 9.76. The van der Waals surface area contributed by atoms with Crippen molar-refractivity contribution in [3.05, 3.63) is 60.0 Å². The summed E-state index contributed by atoms with van der Waals surface area (Å²) in [6.45, 7) is 10.8. The van der Waals surface area contributed by atoms with Gasteiger partial charge >= 0.3 is 0 Å². The molecule has 0 radical (unpaired) electrons. The highest BCUT2D eigenvalue weighted by Crippen LogP contribution is 2.28. The lowest BCUT2D eigenvalue weighted by atomic mass is 9.93. The predicted octanol–water partition coefficient (Wildman–Crippen LogP) is 7.09. The molecule has 0 aliphatic carbocycles. The Hall–Kier alpha value is -2.29. The van der Waals surface area contributed by atoms with Crippen LogP contribution in [0.2, 0.25) is 0 Å². The van der Waals surface area contributed by atoms with E-state index in [9.17, 15) is 4.79 Å². The molecular formula is C26H36N2O. The number of nitrogens with zero attached hydrogens (tertiary/aromatic N) is 2. The van der Waals surface area contributed by atoms with Gasteiger partial charge in [-0.15, -0.1) is 0 Å². The number of Topliss-reactive ketones (excluding diaryl/α,β-unsaturated/α-hetero) is 1. The van der Waals surface area contributed by atoms with Crippen LogP contribution in [-0.4, -0.2) is 17.2 Å². The van der Waals surface area contributed by atoms with Crippen LogP contribution < -0.4 is 0 Å². The Morgan fingerprint density at radius 2 is 2.00 bits per heavy atom. The molecule has 3 heteroatoms. The van der Waals surface area contributed by atoms with E-state index in [4.69, 9.17) is 0 Å². The van der Waals surface area contributed by atoms with Gasteiger partial charge in [0, 0.05) is 37.4 Å². The van der Waals surface area contributed by atoms with Gasteiger partial charge < -0.3 is 0 Å². The smallest absolute Gasteiger partial charge is 0.177 e. The first-order valence-corrected chi connectivity index (χ1v) is 11.1. The van der Waals surface area contributed by atoms with Crippen molar-refractivity contribution in [1.82, 2.24) is 0 Å². The topological polar surface area (TPSA) is 41.8 Å². The zero-order valence-electron chi connectivity index (χ0n) is 18.4. The van der Waals surface area contributed by atoms with Crippen LogP contribution in [0.15, 0.2) is 70.0 Å². The lowest BCUT2D eigenvalue weighted by Crippen LogP contribution is -2.10. The summed E-state index contributed by atoms with van der Waals surface area (Å²) in [5.41, 5.74) is 5.70. The molecule has 0 N–H and O–H groups in total. The molecule has 0 saturated carbocycles. The lowest BCUT2D eigenvalue weighted by molar-refractivity contribution is -0.113. The van der Waals surface area contributed by atoms with Crippen LogP contribution in [0.4, 0.5) is 0 Å². The second kappa shape index (κ2) is 12.3. The quantitative estimate of drug-likeness (QED) is 0.244. The van der Waals surface area contributed by atoms with Crippen LogP contribution >= 0.6 is 0 Å². The molecule has 2 aliphatic heterocycles. The fourth-order valence-electron chi connectivity index (χ4n) is 3.47. The van der Waals surface area contributed by atoms with E-state index in [0.29, 0.717) is 18.8 Å². The van der Waals surface area contributed by atoms with Crippen LogP contribution in [0, 0.1) is 5.92 Å². The molecule has 0 spiro atoms. The first kappa shape index (κ1) is 23.0. The van der Waals surface area contributed by atoms with Crippen LogP contribution in [0.3, 0.4) is 0 Å². The number of unbranched alkanes of at least 4 members (excludes halogenated alkanes) is 3. The van der Waals surface area contributed by atoms with Crippen molar-refractivity contribution >= 4 is 17.2 Å². The molecule has 0 aromatic carbocycles. The number of rotatable bonds is 13. The predicted molar refractivity (Wildman–Crippen MR) is 126 cm³/mol. The molecule has 0 amide bonds. The summed E-state index contributed by atoms with van der Waals surface area (Å²) in [6.07, 6.45) is 20.9. The standard InChI is InChI=1S/C26H36N2O/c1-5-21(4)24(14-10-12-20(2)3)22-18-23(28-19-22)13-8-6-7-9-16-26(29)25-15-11-17-27-25/h10-12,14,17,19-20H,4-9,13,15-16,18H2,1-3H3/b12-10-,24-14+. The number of allylic oxidation sites excluding steroid dienone is 7. The lowest BCUT2D eigenvalue weighted by Gasteiger charge is -2.10. The Morgan fingerprint density at radius 1 is 1.21 bits per heavy atom. The molecule has 0 atom stereocenters. The number of carbonyl (C=O) groups excluding carboxylic acids is 1. The summed E-state index contributed by atoms with van der Waals surface area (Å²) in [5, 5.41) is 0. The molecule has 29 heavy (non-hydrogen) atoms. The maximum absolute atomic E-state index is 12.0. The molecule has 2 heterocycles. The Bertz CT molecular complexity index is 773. The molecule has 0 aromatic heterocycles. The molecule has 0 fully saturated rings. The highest BCUT2D eigenvalue weighted by atomic mass is 16.1. The van der Waals surface area contributed by atoms with Crippen LogP contribution in [-0.2, 0) is 4.79 Å². The molecule has 3 nitrogen and oxygen atoms in total. The van der Waals surface area contributed by atoms with E-state index in [2.05, 4.69) is 55.6 Å². The minimum absolute atomic E-state index is 0.214. The zero-order chi connectivity index (χ0) is 21.1. The van der Waals surface area contributed by atoms with Gasteiger partial charge in [0.15, 0.2) is 5.78 Å². The number of aliphatic imine (C=N–C) groups is 2. The van der Waals surface area contributed by atoms with Gasteiger partial charge in [0.2, 0.25) is 0 Å². The maximum atomic E-state index is 12.0. The van der Waals surface area contributed by atoms with Gasteiger partial charge in [-0.2, -0.15) is 0 Å². The van der Waals surface area contributed by atoms with Crippen LogP contribution in [0.5, 0.6) is 0 Å². The second-order valence-electron chi connectivity index (χ2n) is 8.19. The number of hydrogen-bond donors (Lipinski definition) is 0. The van der Waals surface area contributed by atoms with Gasteiger partial charge in [-0.25, -0.2) is 0 Å². The molecule has 156 valence electrons. The number of ketones is 1. The van der Waals surface area contributed by atoms with Gasteiger partial charge in [-0.3, -0.25) is 14.8 Å². The largest absolute Gasteiger partial charge is 0.293 e. The first-order valence-electron chi connectivity index (χ1n) is 11.1. The van der Waals surface area contributed by atoms with E-state index >= 15 is 0 Å². The number of carbonyl (C=O) groups is 1. The first-order chi connectivity index (χ1) is 14.0. The summed E-state index contributed by atoms with van der Waals surface area (Å²) in [5.74, 6) is 0.760. The minimum Gasteiger partial charge on any atom is -0.293 e. The van der Waals surface area contributed by atoms with Crippen LogP contribution in [0.25, 0.3) is 0 Å². The van der Waals surface area contributed by atoms with Crippen molar-refractivity contribution in [3.63, 3.8) is 0 Å². The van der Waals surface area contributed by atoms with Gasteiger partial charge in [-0.05, 0) is 48.3 Å². The molecule has 2 aliphatic rings. The fourth-order valence-corrected chi connectivity index (χ4v) is 3.47. The summed E-state index contributed by atoms with van der Waals surface area (Å²) in [7, 11) is 0. The normalized spacial score (nSPS) is 16.6. The maximum Gasteiger partial charge on any atom is 0.177 e. The molecular weight excluding hydrogens is 356 g/mol. The molecule has 0 bridgehead atoms. The van der Waals surface area contributed by atoms with Crippen LogP contribution in [0.1, 0.15) is 78.6 Å². The van der Waals surface area contributed by atoms with Crippen molar-refractivity contribution in [1.29, 1.82) is 0 Å².